The number of nitrogens with zero attached hydrogens (tertiary/aromatic N) is 2. The second-order valence-electron chi connectivity index (χ2n) is 5.88. The van der Waals surface area contributed by atoms with Crippen LogP contribution in [0.1, 0.15) is 15.9 Å². The summed E-state index contributed by atoms with van der Waals surface area (Å²) < 4.78 is 0. The van der Waals surface area contributed by atoms with Crippen molar-refractivity contribution in [3.63, 3.8) is 0 Å². The first kappa shape index (κ1) is 18.7. The van der Waals surface area contributed by atoms with Crippen LogP contribution in [-0.2, 0) is 0 Å². The third-order valence-corrected chi connectivity index (χ3v) is 4.81. The normalized spacial score (nSPS) is 10.9. The third kappa shape index (κ3) is 4.74. The van der Waals surface area contributed by atoms with Crippen LogP contribution in [0.4, 0.5) is 17.1 Å². The largest absolute Gasteiger partial charge is 0.506 e. The molecule has 0 aromatic heterocycles. The lowest BCUT2D eigenvalue weighted by molar-refractivity contribution is 0.102. The van der Waals surface area contributed by atoms with Crippen LogP contribution in [-0.4, -0.2) is 17.3 Å². The summed E-state index contributed by atoms with van der Waals surface area (Å²) in [6, 6.07) is 19.6. The Hall–Kier alpha value is -3.12. The molecule has 0 saturated heterocycles. The molecule has 0 fully saturated rings. The molecule has 0 spiro atoms. The minimum atomic E-state index is -0.167. The topological polar surface area (TPSA) is 74.0 Å². The summed E-state index contributed by atoms with van der Waals surface area (Å²) in [6.07, 6.45) is 1.97. The van der Waals surface area contributed by atoms with Gasteiger partial charge in [-0.25, -0.2) is 0 Å². The first-order chi connectivity index (χ1) is 13.1. The molecule has 0 radical (unpaired) electrons. The van der Waals surface area contributed by atoms with Gasteiger partial charge in [0.25, 0.3) is 5.91 Å². The quantitative estimate of drug-likeness (QED) is 0.417. The zero-order valence-corrected chi connectivity index (χ0v) is 15.8. The molecule has 5 nitrogen and oxygen atoms in total. The molecule has 0 saturated carbocycles. The monoisotopic (exact) mass is 377 g/mol. The molecule has 0 heterocycles. The van der Waals surface area contributed by atoms with E-state index in [0.29, 0.717) is 22.6 Å². The van der Waals surface area contributed by atoms with E-state index < -0.39 is 0 Å². The average molecular weight is 377 g/mol. The van der Waals surface area contributed by atoms with Gasteiger partial charge >= 0.3 is 0 Å². The Bertz CT molecular complexity index is 971. The number of phenolic OH excluding ortho intramolecular Hbond substituents is 1. The number of thioether (sulfide) groups is 1. The van der Waals surface area contributed by atoms with Crippen molar-refractivity contribution in [2.45, 2.75) is 11.8 Å². The molecule has 3 aromatic carbocycles. The van der Waals surface area contributed by atoms with E-state index in [2.05, 4.69) is 15.5 Å². The first-order valence-corrected chi connectivity index (χ1v) is 9.55. The van der Waals surface area contributed by atoms with Gasteiger partial charge in [0.05, 0.1) is 5.69 Å². The summed E-state index contributed by atoms with van der Waals surface area (Å²) in [5.74, 6) is -0.0695. The second-order valence-corrected chi connectivity index (χ2v) is 6.73. The number of hydrogen-bond acceptors (Lipinski definition) is 5. The van der Waals surface area contributed by atoms with Crippen LogP contribution in [0.25, 0.3) is 0 Å². The molecule has 0 atom stereocenters. The third-order valence-electron chi connectivity index (χ3n) is 3.93. The van der Waals surface area contributed by atoms with Crippen molar-refractivity contribution in [1.29, 1.82) is 0 Å². The van der Waals surface area contributed by atoms with E-state index in [0.717, 1.165) is 10.5 Å². The smallest absolute Gasteiger partial charge is 0.255 e. The van der Waals surface area contributed by atoms with E-state index in [1.54, 1.807) is 54.2 Å². The summed E-state index contributed by atoms with van der Waals surface area (Å²) in [5.41, 5.74) is 3.31. The van der Waals surface area contributed by atoms with Gasteiger partial charge in [-0.1, -0.05) is 18.2 Å². The van der Waals surface area contributed by atoms with Crippen molar-refractivity contribution in [2.24, 2.45) is 10.2 Å². The SMILES string of the molecule is CSc1cc(N=Nc2ccc(NC(=O)c3ccccc3)cc2)c(O)cc1C. The van der Waals surface area contributed by atoms with Crippen molar-refractivity contribution < 1.29 is 9.90 Å². The molecule has 6 heteroatoms. The van der Waals surface area contributed by atoms with Crippen molar-refractivity contribution >= 4 is 34.7 Å². The van der Waals surface area contributed by atoms with Gasteiger partial charge in [0.1, 0.15) is 11.4 Å². The van der Waals surface area contributed by atoms with Crippen molar-refractivity contribution in [1.82, 2.24) is 0 Å². The van der Waals surface area contributed by atoms with E-state index >= 15 is 0 Å². The number of amides is 1. The van der Waals surface area contributed by atoms with Gasteiger partial charge in [0.2, 0.25) is 0 Å². The first-order valence-electron chi connectivity index (χ1n) is 8.32. The molecule has 136 valence electrons. The maximum Gasteiger partial charge on any atom is 0.255 e. The van der Waals surface area contributed by atoms with E-state index in [1.807, 2.05) is 37.4 Å². The highest BCUT2D eigenvalue weighted by molar-refractivity contribution is 7.98. The molecule has 2 N–H and O–H groups in total. The highest BCUT2D eigenvalue weighted by atomic mass is 32.2. The maximum atomic E-state index is 12.2. The van der Waals surface area contributed by atoms with Crippen molar-refractivity contribution in [2.75, 3.05) is 11.6 Å². The lowest BCUT2D eigenvalue weighted by atomic mass is 10.2. The summed E-state index contributed by atoms with van der Waals surface area (Å²) in [5, 5.41) is 21.2. The summed E-state index contributed by atoms with van der Waals surface area (Å²) in [7, 11) is 0. The van der Waals surface area contributed by atoms with Crippen LogP contribution in [0.5, 0.6) is 5.75 Å². The van der Waals surface area contributed by atoms with Crippen molar-refractivity contribution in [3.8, 4) is 5.75 Å². The summed E-state index contributed by atoms with van der Waals surface area (Å²) in [4.78, 5) is 13.2. The number of hydrogen-bond donors (Lipinski definition) is 2. The highest BCUT2D eigenvalue weighted by Gasteiger charge is 2.06. The fourth-order valence-corrected chi connectivity index (χ4v) is 3.09. The van der Waals surface area contributed by atoms with Crippen LogP contribution < -0.4 is 5.32 Å². The molecule has 1 amide bonds. The molecular weight excluding hydrogens is 358 g/mol. The number of anilines is 1. The number of azo groups is 1. The molecule has 0 aliphatic carbocycles. The number of aromatic hydroxyl groups is 1. The zero-order chi connectivity index (χ0) is 19.2. The molecule has 0 aliphatic heterocycles. The highest BCUT2D eigenvalue weighted by Crippen LogP contribution is 2.34. The fourth-order valence-electron chi connectivity index (χ4n) is 2.48. The average Bonchev–Trinajstić information content (AvgIpc) is 2.69. The molecular formula is C21H19N3O2S. The Labute approximate surface area is 162 Å². The predicted molar refractivity (Wildman–Crippen MR) is 110 cm³/mol. The molecule has 3 rings (SSSR count). The minimum absolute atomic E-state index is 0.0980. The Balaban J connectivity index is 1.71. The Morgan fingerprint density at radius 3 is 2.37 bits per heavy atom. The van der Waals surface area contributed by atoms with Gasteiger partial charge in [-0.3, -0.25) is 4.79 Å². The van der Waals surface area contributed by atoms with Gasteiger partial charge in [-0.15, -0.1) is 16.9 Å². The zero-order valence-electron chi connectivity index (χ0n) is 15.0. The van der Waals surface area contributed by atoms with Crippen LogP contribution in [0.2, 0.25) is 0 Å². The van der Waals surface area contributed by atoms with E-state index in [-0.39, 0.29) is 11.7 Å². The molecule has 0 bridgehead atoms. The second kappa shape index (κ2) is 8.51. The number of carbonyl (C=O) groups excluding carboxylic acids is 1. The molecule has 27 heavy (non-hydrogen) atoms. The number of rotatable bonds is 5. The Morgan fingerprint density at radius 2 is 1.70 bits per heavy atom. The lowest BCUT2D eigenvalue weighted by Crippen LogP contribution is -2.11. The number of nitrogens with one attached hydrogen (secondary N) is 1. The summed E-state index contributed by atoms with van der Waals surface area (Å²) in [6.45, 7) is 1.94. The summed E-state index contributed by atoms with van der Waals surface area (Å²) >= 11 is 1.59. The van der Waals surface area contributed by atoms with Crippen LogP contribution >= 0.6 is 11.8 Å². The molecule has 0 aliphatic rings. The minimum Gasteiger partial charge on any atom is -0.506 e. The van der Waals surface area contributed by atoms with E-state index in [9.17, 15) is 9.90 Å². The van der Waals surface area contributed by atoms with E-state index in [1.165, 1.54) is 0 Å². The number of aryl methyl sites for hydroxylation is 1. The van der Waals surface area contributed by atoms with Gasteiger partial charge in [0, 0.05) is 16.1 Å². The number of benzene rings is 3. The van der Waals surface area contributed by atoms with Gasteiger partial charge in [-0.05, 0) is 67.3 Å². The lowest BCUT2D eigenvalue weighted by Gasteiger charge is -2.06. The Kier molecular flexibility index (Phi) is 5.88. The van der Waals surface area contributed by atoms with Crippen LogP contribution in [0.3, 0.4) is 0 Å². The number of carbonyl (C=O) groups is 1. The van der Waals surface area contributed by atoms with Crippen molar-refractivity contribution in [3.05, 3.63) is 77.9 Å². The van der Waals surface area contributed by atoms with Gasteiger partial charge in [0.15, 0.2) is 0 Å². The molecule has 0 unspecified atom stereocenters. The maximum absolute atomic E-state index is 12.2. The van der Waals surface area contributed by atoms with E-state index in [4.69, 9.17) is 0 Å². The Morgan fingerprint density at radius 1 is 1.00 bits per heavy atom. The predicted octanol–water partition coefficient (Wildman–Crippen LogP) is 6.09. The van der Waals surface area contributed by atoms with Gasteiger partial charge < -0.3 is 10.4 Å². The standard InChI is InChI=1S/C21H19N3O2S/c1-14-12-19(25)18(13-20(14)27-2)24-23-17-10-8-16(9-11-17)22-21(26)15-6-4-3-5-7-15/h3-13,25H,1-2H3,(H,22,26). The van der Waals surface area contributed by atoms with Crippen LogP contribution in [0.15, 0.2) is 81.9 Å². The fraction of sp³-hybridized carbons (Fsp3) is 0.0952. The van der Waals surface area contributed by atoms with Crippen LogP contribution in [0, 0.1) is 6.92 Å². The van der Waals surface area contributed by atoms with Gasteiger partial charge in [-0.2, -0.15) is 5.11 Å². The number of phenols is 1. The molecule has 3 aromatic rings.